The molecule has 3 rings (SSSR count). The van der Waals surface area contributed by atoms with Crippen molar-refractivity contribution < 1.29 is 9.90 Å². The number of carboxylic acid groups (broad SMARTS) is 1. The first kappa shape index (κ1) is 12.2. The second kappa shape index (κ2) is 4.65. The molecule has 1 heterocycles. The lowest BCUT2D eigenvalue weighted by molar-refractivity contribution is -0.148. The molecule has 98 valence electrons. The smallest absolute Gasteiger partial charge is 0.309 e. The molecule has 0 unspecified atom stereocenters. The Morgan fingerprint density at radius 3 is 2.79 bits per heavy atom. The molecular formula is C16H17NO2. The van der Waals surface area contributed by atoms with Gasteiger partial charge in [-0.1, -0.05) is 25.0 Å². The maximum Gasteiger partial charge on any atom is 0.309 e. The number of nitrogens with zero attached hydrogens (tertiary/aromatic N) is 1. The molecule has 0 bridgehead atoms. The molecule has 3 nitrogen and oxygen atoms in total. The molecule has 2 aromatic rings. The summed E-state index contributed by atoms with van der Waals surface area (Å²) in [6, 6.07) is 10.0. The molecule has 0 saturated heterocycles. The minimum atomic E-state index is -0.642. The van der Waals surface area contributed by atoms with Crippen LogP contribution in [0.4, 0.5) is 0 Å². The Morgan fingerprint density at radius 2 is 2.05 bits per heavy atom. The van der Waals surface area contributed by atoms with Gasteiger partial charge in [-0.05, 0) is 43.0 Å². The number of hydrogen-bond donors (Lipinski definition) is 1. The maximum absolute atomic E-state index is 11.6. The first-order valence-electron chi connectivity index (χ1n) is 6.77. The first-order chi connectivity index (χ1) is 9.20. The number of benzene rings is 1. The highest BCUT2D eigenvalue weighted by Gasteiger charge is 2.41. The van der Waals surface area contributed by atoms with Gasteiger partial charge in [-0.25, -0.2) is 0 Å². The SMILES string of the molecule is O=C(O)C1(Cc2ccc3ncccc3c2)CCCC1. The number of carboxylic acids is 1. The summed E-state index contributed by atoms with van der Waals surface area (Å²) in [7, 11) is 0. The van der Waals surface area contributed by atoms with Gasteiger partial charge in [0.25, 0.3) is 0 Å². The van der Waals surface area contributed by atoms with E-state index in [9.17, 15) is 9.90 Å². The standard InChI is InChI=1S/C16H17NO2/c18-15(19)16(7-1-2-8-16)11-12-5-6-14-13(10-12)4-3-9-17-14/h3-6,9-10H,1-2,7-8,11H2,(H,18,19). The predicted octanol–water partition coefficient (Wildman–Crippen LogP) is 3.42. The van der Waals surface area contributed by atoms with Gasteiger partial charge in [0.05, 0.1) is 10.9 Å². The lowest BCUT2D eigenvalue weighted by atomic mass is 9.80. The van der Waals surface area contributed by atoms with Crippen LogP contribution in [-0.4, -0.2) is 16.1 Å². The van der Waals surface area contributed by atoms with Crippen molar-refractivity contribution in [3.8, 4) is 0 Å². The summed E-state index contributed by atoms with van der Waals surface area (Å²) in [6.07, 6.45) is 6.06. The van der Waals surface area contributed by atoms with E-state index in [0.717, 1.165) is 42.1 Å². The van der Waals surface area contributed by atoms with Crippen LogP contribution < -0.4 is 0 Å². The van der Waals surface area contributed by atoms with Crippen LogP contribution in [0.5, 0.6) is 0 Å². The van der Waals surface area contributed by atoms with Crippen molar-refractivity contribution in [2.45, 2.75) is 32.1 Å². The van der Waals surface area contributed by atoms with E-state index in [1.165, 1.54) is 0 Å². The number of aliphatic carboxylic acids is 1. The molecule has 0 aliphatic heterocycles. The Balaban J connectivity index is 1.94. The second-order valence-corrected chi connectivity index (χ2v) is 5.50. The molecule has 0 amide bonds. The predicted molar refractivity (Wildman–Crippen MR) is 74.0 cm³/mol. The molecule has 1 aliphatic carbocycles. The zero-order chi connectivity index (χ0) is 13.3. The summed E-state index contributed by atoms with van der Waals surface area (Å²) in [5, 5.41) is 10.6. The molecule has 0 spiro atoms. The van der Waals surface area contributed by atoms with Crippen LogP contribution in [0.3, 0.4) is 0 Å². The number of fused-ring (bicyclic) bond motifs is 1. The molecule has 1 saturated carbocycles. The molecule has 1 fully saturated rings. The first-order valence-corrected chi connectivity index (χ1v) is 6.77. The van der Waals surface area contributed by atoms with Crippen LogP contribution in [0.2, 0.25) is 0 Å². The molecule has 1 aromatic carbocycles. The van der Waals surface area contributed by atoms with Crippen molar-refractivity contribution in [3.05, 3.63) is 42.1 Å². The van der Waals surface area contributed by atoms with Gasteiger partial charge in [-0.3, -0.25) is 9.78 Å². The van der Waals surface area contributed by atoms with Gasteiger partial charge in [-0.2, -0.15) is 0 Å². The quantitative estimate of drug-likeness (QED) is 0.914. The number of pyridine rings is 1. The fourth-order valence-corrected chi connectivity index (χ4v) is 3.14. The van der Waals surface area contributed by atoms with Crippen molar-refractivity contribution in [2.75, 3.05) is 0 Å². The van der Waals surface area contributed by atoms with Crippen LogP contribution in [0.1, 0.15) is 31.2 Å². The molecular weight excluding hydrogens is 238 g/mol. The Hall–Kier alpha value is -1.90. The Labute approximate surface area is 112 Å². The highest BCUT2D eigenvalue weighted by atomic mass is 16.4. The second-order valence-electron chi connectivity index (χ2n) is 5.50. The van der Waals surface area contributed by atoms with Crippen LogP contribution in [0.15, 0.2) is 36.5 Å². The van der Waals surface area contributed by atoms with Gasteiger partial charge in [-0.15, -0.1) is 0 Å². The lowest BCUT2D eigenvalue weighted by Crippen LogP contribution is -2.30. The van der Waals surface area contributed by atoms with Crippen molar-refractivity contribution in [3.63, 3.8) is 0 Å². The summed E-state index contributed by atoms with van der Waals surface area (Å²) in [5.41, 5.74) is 1.52. The fraction of sp³-hybridized carbons (Fsp3) is 0.375. The van der Waals surface area contributed by atoms with Crippen LogP contribution in [0.25, 0.3) is 10.9 Å². The molecule has 1 aromatic heterocycles. The molecule has 19 heavy (non-hydrogen) atoms. The summed E-state index contributed by atoms with van der Waals surface area (Å²) in [4.78, 5) is 15.9. The van der Waals surface area contributed by atoms with Crippen LogP contribution in [0, 0.1) is 5.41 Å². The average molecular weight is 255 g/mol. The number of aromatic nitrogens is 1. The van der Waals surface area contributed by atoms with Gasteiger partial charge in [0.15, 0.2) is 0 Å². The fourth-order valence-electron chi connectivity index (χ4n) is 3.14. The van der Waals surface area contributed by atoms with Gasteiger partial charge >= 0.3 is 5.97 Å². The van der Waals surface area contributed by atoms with E-state index >= 15 is 0 Å². The summed E-state index contributed by atoms with van der Waals surface area (Å²) in [6.45, 7) is 0. The van der Waals surface area contributed by atoms with E-state index in [0.29, 0.717) is 6.42 Å². The van der Waals surface area contributed by atoms with Gasteiger partial charge in [0.2, 0.25) is 0 Å². The van der Waals surface area contributed by atoms with Gasteiger partial charge in [0.1, 0.15) is 0 Å². The van der Waals surface area contributed by atoms with Gasteiger partial charge < -0.3 is 5.11 Å². The summed E-state index contributed by atoms with van der Waals surface area (Å²) in [5.74, 6) is -0.642. The Bertz CT molecular complexity index is 615. The number of carbonyl (C=O) groups is 1. The van der Waals surface area contributed by atoms with Crippen molar-refractivity contribution in [1.29, 1.82) is 0 Å². The normalized spacial score (nSPS) is 17.7. The van der Waals surface area contributed by atoms with Crippen molar-refractivity contribution in [2.24, 2.45) is 5.41 Å². The largest absolute Gasteiger partial charge is 0.481 e. The van der Waals surface area contributed by atoms with Crippen molar-refractivity contribution in [1.82, 2.24) is 4.98 Å². The highest BCUT2D eigenvalue weighted by Crippen LogP contribution is 2.41. The van der Waals surface area contributed by atoms with E-state index < -0.39 is 11.4 Å². The number of hydrogen-bond acceptors (Lipinski definition) is 2. The summed E-state index contributed by atoms with van der Waals surface area (Å²) >= 11 is 0. The third-order valence-electron chi connectivity index (χ3n) is 4.22. The zero-order valence-electron chi connectivity index (χ0n) is 10.8. The van der Waals surface area contributed by atoms with E-state index in [4.69, 9.17) is 0 Å². The molecule has 0 atom stereocenters. The van der Waals surface area contributed by atoms with Crippen LogP contribution in [-0.2, 0) is 11.2 Å². The number of rotatable bonds is 3. The zero-order valence-corrected chi connectivity index (χ0v) is 10.8. The minimum absolute atomic E-state index is 0.546. The van der Waals surface area contributed by atoms with Gasteiger partial charge in [0, 0.05) is 11.6 Å². The van der Waals surface area contributed by atoms with E-state index in [2.05, 4.69) is 11.1 Å². The topological polar surface area (TPSA) is 50.2 Å². The van der Waals surface area contributed by atoms with E-state index in [1.54, 1.807) is 6.20 Å². The highest BCUT2D eigenvalue weighted by molar-refractivity contribution is 5.80. The Kier molecular flexibility index (Phi) is 2.97. The van der Waals surface area contributed by atoms with Crippen molar-refractivity contribution >= 4 is 16.9 Å². The Morgan fingerprint density at radius 1 is 1.26 bits per heavy atom. The monoisotopic (exact) mass is 255 g/mol. The third kappa shape index (κ3) is 2.21. The van der Waals surface area contributed by atoms with Crippen LogP contribution >= 0.6 is 0 Å². The maximum atomic E-state index is 11.6. The summed E-state index contributed by atoms with van der Waals surface area (Å²) < 4.78 is 0. The minimum Gasteiger partial charge on any atom is -0.481 e. The lowest BCUT2D eigenvalue weighted by Gasteiger charge is -2.23. The third-order valence-corrected chi connectivity index (χ3v) is 4.22. The van der Waals surface area contributed by atoms with E-state index in [-0.39, 0.29) is 0 Å². The molecule has 1 N–H and O–H groups in total. The van der Waals surface area contributed by atoms with E-state index in [1.807, 2.05) is 24.3 Å². The molecule has 1 aliphatic rings. The molecule has 0 radical (unpaired) electrons. The average Bonchev–Trinajstić information content (AvgIpc) is 2.88. The molecule has 3 heteroatoms.